The lowest BCUT2D eigenvalue weighted by atomic mass is 10.0. The number of carbonyl (C=O) groups is 1. The molecule has 116 valence electrons. The van der Waals surface area contributed by atoms with Gasteiger partial charge in [-0.3, -0.25) is 9.69 Å². The quantitative estimate of drug-likeness (QED) is 0.790. The summed E-state index contributed by atoms with van der Waals surface area (Å²) in [6.45, 7) is 1.54. The third-order valence-corrected chi connectivity index (χ3v) is 3.90. The fraction of sp³-hybridized carbons (Fsp3) is 0.923. The lowest BCUT2D eigenvalue weighted by Crippen LogP contribution is -2.50. The molecule has 2 rings (SSSR count). The van der Waals surface area contributed by atoms with Crippen molar-refractivity contribution in [1.29, 1.82) is 0 Å². The van der Waals surface area contributed by atoms with Gasteiger partial charge in [-0.05, 0) is 38.8 Å². The van der Waals surface area contributed by atoms with Crippen LogP contribution in [-0.2, 0) is 9.53 Å². The van der Waals surface area contributed by atoms with E-state index in [-0.39, 0.29) is 5.91 Å². The third-order valence-electron chi connectivity index (χ3n) is 3.90. The number of halogens is 3. The standard InChI is InChI=1S/C13H21F3N2O2/c14-13(15,16)10-20-9-12(19)18-7-3-4-11(8-18)17-5-1-2-6-17/h11H,1-10H2. The first kappa shape index (κ1) is 15.6. The molecular weight excluding hydrogens is 273 g/mol. The van der Waals surface area contributed by atoms with Crippen LogP contribution in [0.5, 0.6) is 0 Å². The number of hydrogen-bond acceptors (Lipinski definition) is 3. The van der Waals surface area contributed by atoms with Crippen LogP contribution in [0.25, 0.3) is 0 Å². The molecule has 7 heteroatoms. The van der Waals surface area contributed by atoms with Gasteiger partial charge in [0, 0.05) is 19.1 Å². The molecule has 0 aliphatic carbocycles. The molecule has 0 saturated carbocycles. The van der Waals surface area contributed by atoms with Gasteiger partial charge in [0.15, 0.2) is 0 Å². The molecule has 0 aromatic carbocycles. The van der Waals surface area contributed by atoms with Crippen LogP contribution in [0.1, 0.15) is 25.7 Å². The van der Waals surface area contributed by atoms with Gasteiger partial charge in [0.05, 0.1) is 0 Å². The van der Waals surface area contributed by atoms with Gasteiger partial charge in [-0.1, -0.05) is 0 Å². The fourth-order valence-electron chi connectivity index (χ4n) is 2.93. The molecule has 1 atom stereocenters. The summed E-state index contributed by atoms with van der Waals surface area (Å²) in [7, 11) is 0. The zero-order chi connectivity index (χ0) is 14.6. The summed E-state index contributed by atoms with van der Waals surface area (Å²) in [5, 5.41) is 0. The Morgan fingerprint density at radius 3 is 2.50 bits per heavy atom. The van der Waals surface area contributed by atoms with E-state index in [4.69, 9.17) is 0 Å². The average molecular weight is 294 g/mol. The molecular formula is C13H21F3N2O2. The molecule has 2 heterocycles. The van der Waals surface area contributed by atoms with Crippen LogP contribution in [0.15, 0.2) is 0 Å². The predicted octanol–water partition coefficient (Wildman–Crippen LogP) is 1.65. The second-order valence-electron chi connectivity index (χ2n) is 5.49. The molecule has 0 spiro atoms. The zero-order valence-electron chi connectivity index (χ0n) is 11.5. The van der Waals surface area contributed by atoms with Crippen molar-refractivity contribution in [3.8, 4) is 0 Å². The van der Waals surface area contributed by atoms with Crippen molar-refractivity contribution in [2.45, 2.75) is 37.9 Å². The van der Waals surface area contributed by atoms with Crippen molar-refractivity contribution >= 4 is 5.91 Å². The summed E-state index contributed by atoms with van der Waals surface area (Å²) < 4.78 is 40.3. The van der Waals surface area contributed by atoms with Crippen molar-refractivity contribution < 1.29 is 22.7 Å². The number of hydrogen-bond donors (Lipinski definition) is 0. The lowest BCUT2D eigenvalue weighted by Gasteiger charge is -2.37. The normalized spacial score (nSPS) is 25.1. The van der Waals surface area contributed by atoms with Crippen molar-refractivity contribution in [2.24, 2.45) is 0 Å². The number of rotatable bonds is 4. The zero-order valence-corrected chi connectivity index (χ0v) is 11.5. The molecule has 0 bridgehead atoms. The fourth-order valence-corrected chi connectivity index (χ4v) is 2.93. The third kappa shape index (κ3) is 4.63. The van der Waals surface area contributed by atoms with Crippen molar-refractivity contribution in [1.82, 2.24) is 9.80 Å². The first-order valence-corrected chi connectivity index (χ1v) is 7.12. The Bertz CT molecular complexity index is 330. The maximum absolute atomic E-state index is 12.0. The minimum absolute atomic E-state index is 0.335. The molecule has 0 N–H and O–H groups in total. The van der Waals surface area contributed by atoms with Crippen LogP contribution in [0.3, 0.4) is 0 Å². The highest BCUT2D eigenvalue weighted by Crippen LogP contribution is 2.20. The number of piperidine rings is 1. The molecule has 0 radical (unpaired) electrons. The van der Waals surface area contributed by atoms with Gasteiger partial charge in [-0.2, -0.15) is 13.2 Å². The van der Waals surface area contributed by atoms with E-state index in [0.717, 1.165) is 25.9 Å². The Kier molecular flexibility index (Phi) is 5.26. The number of alkyl halides is 3. The van der Waals surface area contributed by atoms with Gasteiger partial charge in [-0.25, -0.2) is 0 Å². The lowest BCUT2D eigenvalue weighted by molar-refractivity contribution is -0.178. The van der Waals surface area contributed by atoms with E-state index in [1.165, 1.54) is 12.8 Å². The van der Waals surface area contributed by atoms with Crippen LogP contribution in [0, 0.1) is 0 Å². The van der Waals surface area contributed by atoms with Gasteiger partial charge in [0.25, 0.3) is 0 Å². The Balaban J connectivity index is 1.75. The summed E-state index contributed by atoms with van der Waals surface area (Å²) >= 11 is 0. The molecule has 2 saturated heterocycles. The first-order chi connectivity index (χ1) is 9.46. The first-order valence-electron chi connectivity index (χ1n) is 7.12. The van der Waals surface area contributed by atoms with E-state index < -0.39 is 19.4 Å². The van der Waals surface area contributed by atoms with Gasteiger partial charge in [-0.15, -0.1) is 0 Å². The van der Waals surface area contributed by atoms with Crippen LogP contribution in [0.4, 0.5) is 13.2 Å². The maximum atomic E-state index is 12.0. The molecule has 0 aromatic rings. The largest absolute Gasteiger partial charge is 0.411 e. The van der Waals surface area contributed by atoms with Crippen molar-refractivity contribution in [3.63, 3.8) is 0 Å². The van der Waals surface area contributed by atoms with E-state index in [1.54, 1.807) is 4.90 Å². The molecule has 2 aliphatic rings. The van der Waals surface area contributed by atoms with Crippen molar-refractivity contribution in [2.75, 3.05) is 39.4 Å². The summed E-state index contributed by atoms with van der Waals surface area (Å²) in [6.07, 6.45) is -0.0160. The maximum Gasteiger partial charge on any atom is 0.411 e. The molecule has 2 aliphatic heterocycles. The average Bonchev–Trinajstić information content (AvgIpc) is 2.91. The number of likely N-dealkylation sites (tertiary alicyclic amines) is 2. The topological polar surface area (TPSA) is 32.8 Å². The minimum atomic E-state index is -4.37. The highest BCUT2D eigenvalue weighted by molar-refractivity contribution is 5.77. The van der Waals surface area contributed by atoms with Gasteiger partial charge in [0.2, 0.25) is 5.91 Å². The highest BCUT2D eigenvalue weighted by Gasteiger charge is 2.31. The second-order valence-corrected chi connectivity index (χ2v) is 5.49. The molecule has 4 nitrogen and oxygen atoms in total. The predicted molar refractivity (Wildman–Crippen MR) is 67.3 cm³/mol. The van der Waals surface area contributed by atoms with E-state index in [9.17, 15) is 18.0 Å². The molecule has 0 aromatic heterocycles. The summed E-state index contributed by atoms with van der Waals surface area (Å²) in [6, 6.07) is 0.359. The van der Waals surface area contributed by atoms with Gasteiger partial charge in [0.1, 0.15) is 13.2 Å². The number of nitrogens with zero attached hydrogens (tertiary/aromatic N) is 2. The van der Waals surface area contributed by atoms with E-state index >= 15 is 0 Å². The smallest absolute Gasteiger partial charge is 0.362 e. The summed E-state index contributed by atoms with van der Waals surface area (Å²) in [5.74, 6) is -0.335. The Hall–Kier alpha value is -0.820. The number of carbonyl (C=O) groups excluding carboxylic acids is 1. The monoisotopic (exact) mass is 294 g/mol. The van der Waals surface area contributed by atoms with Crippen molar-refractivity contribution in [3.05, 3.63) is 0 Å². The Labute approximate surface area is 116 Å². The van der Waals surface area contributed by atoms with Crippen LogP contribution in [-0.4, -0.2) is 67.3 Å². The SMILES string of the molecule is O=C(COCC(F)(F)F)N1CCCC(N2CCCC2)C1. The number of amides is 1. The van der Waals surface area contributed by atoms with Gasteiger partial charge < -0.3 is 9.64 Å². The number of ether oxygens (including phenoxy) is 1. The molecule has 2 fully saturated rings. The Morgan fingerprint density at radius 2 is 1.85 bits per heavy atom. The molecule has 1 unspecified atom stereocenters. The van der Waals surface area contributed by atoms with E-state index in [1.807, 2.05) is 0 Å². The van der Waals surface area contributed by atoms with Gasteiger partial charge >= 0.3 is 6.18 Å². The van der Waals surface area contributed by atoms with Crippen LogP contribution >= 0.6 is 0 Å². The minimum Gasteiger partial charge on any atom is -0.362 e. The molecule has 20 heavy (non-hydrogen) atoms. The van der Waals surface area contributed by atoms with Crippen LogP contribution in [0.2, 0.25) is 0 Å². The second kappa shape index (κ2) is 6.76. The highest BCUT2D eigenvalue weighted by atomic mass is 19.4. The summed E-state index contributed by atoms with van der Waals surface area (Å²) in [4.78, 5) is 15.9. The van der Waals surface area contributed by atoms with E-state index in [0.29, 0.717) is 19.1 Å². The Morgan fingerprint density at radius 1 is 1.15 bits per heavy atom. The van der Waals surface area contributed by atoms with E-state index in [2.05, 4.69) is 9.64 Å². The summed E-state index contributed by atoms with van der Waals surface area (Å²) in [5.41, 5.74) is 0. The van der Waals surface area contributed by atoms with Crippen LogP contribution < -0.4 is 0 Å². The molecule has 1 amide bonds.